The van der Waals surface area contributed by atoms with E-state index in [9.17, 15) is 4.79 Å². The van der Waals surface area contributed by atoms with E-state index >= 15 is 0 Å². The van der Waals surface area contributed by atoms with Gasteiger partial charge in [-0.3, -0.25) is 4.79 Å². The lowest BCUT2D eigenvalue weighted by Gasteiger charge is -2.08. The fraction of sp³-hybridized carbons (Fsp3) is 0.381. The quantitative estimate of drug-likeness (QED) is 0.528. The molecule has 0 aromatic heterocycles. The van der Waals surface area contributed by atoms with Crippen LogP contribution in [-0.4, -0.2) is 31.5 Å². The third-order valence-electron chi connectivity index (χ3n) is 3.74. The zero-order valence-corrected chi connectivity index (χ0v) is 17.2. The summed E-state index contributed by atoms with van der Waals surface area (Å²) in [6, 6.07) is 15.8. The van der Waals surface area contributed by atoms with Crippen LogP contribution in [0.3, 0.4) is 0 Å². The van der Waals surface area contributed by atoms with Crippen LogP contribution < -0.4 is 5.32 Å². The van der Waals surface area contributed by atoms with Crippen LogP contribution in [0.4, 0.5) is 0 Å². The lowest BCUT2D eigenvalue weighted by Crippen LogP contribution is -2.24. The maximum Gasteiger partial charge on any atom is 0.230 e. The van der Waals surface area contributed by atoms with Gasteiger partial charge >= 0.3 is 0 Å². The topological polar surface area (TPSA) is 47.6 Å². The van der Waals surface area contributed by atoms with Crippen LogP contribution in [0.25, 0.3) is 0 Å². The van der Waals surface area contributed by atoms with Crippen molar-refractivity contribution in [2.24, 2.45) is 0 Å². The molecule has 2 aromatic rings. The maximum atomic E-state index is 12.0. The first-order valence-corrected chi connectivity index (χ1v) is 10.5. The van der Waals surface area contributed by atoms with Gasteiger partial charge in [-0.05, 0) is 35.7 Å². The molecule has 6 heteroatoms. The van der Waals surface area contributed by atoms with Crippen molar-refractivity contribution >= 4 is 29.3 Å². The molecule has 0 radical (unpaired) electrons. The van der Waals surface area contributed by atoms with E-state index in [1.807, 2.05) is 49.4 Å². The van der Waals surface area contributed by atoms with Crippen molar-refractivity contribution in [3.63, 3.8) is 0 Å². The van der Waals surface area contributed by atoms with E-state index < -0.39 is 0 Å². The van der Waals surface area contributed by atoms with Crippen LogP contribution in [0.2, 0.25) is 5.02 Å². The van der Waals surface area contributed by atoms with Gasteiger partial charge in [-0.25, -0.2) is 0 Å². The number of benzene rings is 2. The molecule has 0 unspecified atom stereocenters. The number of hydrogen-bond donors (Lipinski definition) is 1. The predicted molar refractivity (Wildman–Crippen MR) is 112 cm³/mol. The molecule has 0 fully saturated rings. The summed E-state index contributed by atoms with van der Waals surface area (Å²) in [6.45, 7) is 4.93. The normalized spacial score (nSPS) is 10.7. The van der Waals surface area contributed by atoms with Gasteiger partial charge < -0.3 is 14.8 Å². The minimum atomic E-state index is 0.0346. The molecule has 27 heavy (non-hydrogen) atoms. The zero-order valence-electron chi connectivity index (χ0n) is 15.6. The standard InChI is InChI=1S/C21H26ClNO3S/c1-2-25-10-11-26-14-19-5-3-4-18(12-19)13-23-21(24)16-27-15-17-6-8-20(22)9-7-17/h3-9,12H,2,10-11,13-16H2,1H3,(H,23,24). The van der Waals surface area contributed by atoms with Gasteiger partial charge in [0.2, 0.25) is 5.91 Å². The number of amides is 1. The van der Waals surface area contributed by atoms with Gasteiger partial charge in [0.05, 0.1) is 25.6 Å². The minimum absolute atomic E-state index is 0.0346. The Labute approximate surface area is 170 Å². The van der Waals surface area contributed by atoms with Crippen LogP contribution in [0.5, 0.6) is 0 Å². The molecule has 0 aliphatic rings. The van der Waals surface area contributed by atoms with Crippen LogP contribution in [0, 0.1) is 0 Å². The molecule has 0 heterocycles. The van der Waals surface area contributed by atoms with E-state index in [0.717, 1.165) is 27.5 Å². The van der Waals surface area contributed by atoms with Gasteiger partial charge in [-0.15, -0.1) is 11.8 Å². The molecule has 0 spiro atoms. The van der Waals surface area contributed by atoms with Crippen LogP contribution in [0.1, 0.15) is 23.6 Å². The van der Waals surface area contributed by atoms with E-state index in [0.29, 0.717) is 38.7 Å². The molecule has 1 N–H and O–H groups in total. The summed E-state index contributed by atoms with van der Waals surface area (Å²) in [5, 5.41) is 3.69. The molecule has 1 amide bonds. The number of nitrogens with one attached hydrogen (secondary N) is 1. The second-order valence-corrected chi connectivity index (χ2v) is 7.39. The lowest BCUT2D eigenvalue weighted by molar-refractivity contribution is -0.118. The second kappa shape index (κ2) is 12.8. The largest absolute Gasteiger partial charge is 0.379 e. The first kappa shape index (κ1) is 21.8. The highest BCUT2D eigenvalue weighted by atomic mass is 35.5. The Hall–Kier alpha value is -1.53. The number of hydrogen-bond acceptors (Lipinski definition) is 4. The molecular weight excluding hydrogens is 382 g/mol. The molecule has 0 atom stereocenters. The molecule has 0 bridgehead atoms. The Morgan fingerprint density at radius 2 is 1.78 bits per heavy atom. The minimum Gasteiger partial charge on any atom is -0.379 e. The molecule has 0 aliphatic heterocycles. The van der Waals surface area contributed by atoms with Crippen molar-refractivity contribution in [2.75, 3.05) is 25.6 Å². The number of carbonyl (C=O) groups excluding carboxylic acids is 1. The van der Waals surface area contributed by atoms with E-state index in [4.69, 9.17) is 21.1 Å². The molecule has 2 rings (SSSR count). The molecule has 0 aliphatic carbocycles. The van der Waals surface area contributed by atoms with Gasteiger partial charge in [0.15, 0.2) is 0 Å². The maximum absolute atomic E-state index is 12.0. The summed E-state index contributed by atoms with van der Waals surface area (Å²) in [5.74, 6) is 1.26. The first-order valence-electron chi connectivity index (χ1n) is 8.99. The third-order valence-corrected chi connectivity index (χ3v) is 5.00. The first-order chi connectivity index (χ1) is 13.2. The van der Waals surface area contributed by atoms with E-state index in [2.05, 4.69) is 11.4 Å². The average molecular weight is 408 g/mol. The summed E-state index contributed by atoms with van der Waals surface area (Å²) in [5.41, 5.74) is 3.32. The molecule has 146 valence electrons. The van der Waals surface area contributed by atoms with Crippen molar-refractivity contribution in [2.45, 2.75) is 25.8 Å². The Bertz CT molecular complexity index is 694. The second-order valence-electron chi connectivity index (χ2n) is 5.97. The van der Waals surface area contributed by atoms with Crippen molar-refractivity contribution in [1.82, 2.24) is 5.32 Å². The van der Waals surface area contributed by atoms with E-state index in [1.54, 1.807) is 11.8 Å². The Kier molecular flexibility index (Phi) is 10.3. The van der Waals surface area contributed by atoms with Crippen LogP contribution in [0.15, 0.2) is 48.5 Å². The zero-order chi connectivity index (χ0) is 19.3. The van der Waals surface area contributed by atoms with Gasteiger partial charge in [0.25, 0.3) is 0 Å². The highest BCUT2D eigenvalue weighted by Gasteiger charge is 2.03. The monoisotopic (exact) mass is 407 g/mol. The van der Waals surface area contributed by atoms with Crippen molar-refractivity contribution in [1.29, 1.82) is 0 Å². The van der Waals surface area contributed by atoms with Crippen molar-refractivity contribution in [3.05, 3.63) is 70.2 Å². The Morgan fingerprint density at radius 1 is 1.04 bits per heavy atom. The Balaban J connectivity index is 1.65. The molecule has 0 saturated heterocycles. The third kappa shape index (κ3) is 9.29. The number of ether oxygens (including phenoxy) is 2. The van der Waals surface area contributed by atoms with Crippen LogP contribution in [-0.2, 0) is 33.2 Å². The number of rotatable bonds is 12. The number of carbonyl (C=O) groups is 1. The van der Waals surface area contributed by atoms with Gasteiger partial charge in [-0.1, -0.05) is 48.0 Å². The van der Waals surface area contributed by atoms with Gasteiger partial charge in [0.1, 0.15) is 0 Å². The summed E-state index contributed by atoms with van der Waals surface area (Å²) in [4.78, 5) is 12.0. The highest BCUT2D eigenvalue weighted by molar-refractivity contribution is 7.99. The predicted octanol–water partition coefficient (Wildman–Crippen LogP) is 4.44. The van der Waals surface area contributed by atoms with Gasteiger partial charge in [-0.2, -0.15) is 0 Å². The van der Waals surface area contributed by atoms with E-state index in [1.165, 1.54) is 0 Å². The summed E-state index contributed by atoms with van der Waals surface area (Å²) in [6.07, 6.45) is 0. The fourth-order valence-corrected chi connectivity index (χ4v) is 3.32. The summed E-state index contributed by atoms with van der Waals surface area (Å²) in [7, 11) is 0. The smallest absolute Gasteiger partial charge is 0.230 e. The molecule has 0 saturated carbocycles. The van der Waals surface area contributed by atoms with Crippen LogP contribution >= 0.6 is 23.4 Å². The van der Waals surface area contributed by atoms with Gasteiger partial charge in [0, 0.05) is 23.9 Å². The number of thioether (sulfide) groups is 1. The Morgan fingerprint density at radius 3 is 2.56 bits per heavy atom. The fourth-order valence-electron chi connectivity index (χ4n) is 2.38. The molecule has 4 nitrogen and oxygen atoms in total. The van der Waals surface area contributed by atoms with Crippen molar-refractivity contribution in [3.8, 4) is 0 Å². The molecule has 2 aromatic carbocycles. The number of halogens is 1. The highest BCUT2D eigenvalue weighted by Crippen LogP contribution is 2.15. The summed E-state index contributed by atoms with van der Waals surface area (Å²) < 4.78 is 10.8. The van der Waals surface area contributed by atoms with Crippen molar-refractivity contribution < 1.29 is 14.3 Å². The molecular formula is C21H26ClNO3S. The SMILES string of the molecule is CCOCCOCc1cccc(CNC(=O)CSCc2ccc(Cl)cc2)c1. The average Bonchev–Trinajstić information content (AvgIpc) is 2.68. The lowest BCUT2D eigenvalue weighted by atomic mass is 10.1. The van der Waals surface area contributed by atoms with E-state index in [-0.39, 0.29) is 5.91 Å². The summed E-state index contributed by atoms with van der Waals surface area (Å²) >= 11 is 7.46.